The third-order valence-electron chi connectivity index (χ3n) is 6.64. The molecule has 0 amide bonds. The lowest BCUT2D eigenvalue weighted by Crippen LogP contribution is -2.30. The monoisotopic (exact) mass is 453 g/mol. The van der Waals surface area contributed by atoms with Crippen molar-refractivity contribution < 1.29 is 0 Å². The Bertz CT molecular complexity index is 1230. The molecule has 0 aliphatic carbocycles. The number of nitrogens with one attached hydrogen (secondary N) is 1. The zero-order valence-electron chi connectivity index (χ0n) is 20.5. The summed E-state index contributed by atoms with van der Waals surface area (Å²) in [7, 11) is 6.09. The van der Waals surface area contributed by atoms with Crippen LogP contribution in [0.1, 0.15) is 24.0 Å². The zero-order chi connectivity index (χ0) is 23.9. The highest BCUT2D eigenvalue weighted by molar-refractivity contribution is 5.88. The molecule has 2 aromatic heterocycles. The molecule has 1 aliphatic heterocycles. The number of benzene rings is 2. The molecule has 1 saturated heterocycles. The summed E-state index contributed by atoms with van der Waals surface area (Å²) in [5, 5.41) is 5.37. The van der Waals surface area contributed by atoms with Gasteiger partial charge in [0, 0.05) is 31.2 Å². The van der Waals surface area contributed by atoms with Crippen LogP contribution in [0.25, 0.3) is 28.1 Å². The predicted octanol–water partition coefficient (Wildman–Crippen LogP) is 5.89. The van der Waals surface area contributed by atoms with Crippen LogP contribution < -0.4 is 5.32 Å². The maximum Gasteiger partial charge on any atom is 0.126 e. The molecule has 1 fully saturated rings. The van der Waals surface area contributed by atoms with Crippen molar-refractivity contribution in [2.45, 2.75) is 19.3 Å². The van der Waals surface area contributed by atoms with Crippen LogP contribution in [0.15, 0.2) is 73.8 Å². The third-order valence-corrected chi connectivity index (χ3v) is 6.64. The van der Waals surface area contributed by atoms with Gasteiger partial charge in [0.2, 0.25) is 0 Å². The van der Waals surface area contributed by atoms with Crippen molar-refractivity contribution in [2.24, 2.45) is 13.0 Å². The number of anilines is 1. The fraction of sp³-hybridized carbons (Fsp3) is 0.310. The maximum absolute atomic E-state index is 4.31. The summed E-state index contributed by atoms with van der Waals surface area (Å²) in [5.41, 5.74) is 4.98. The predicted molar refractivity (Wildman–Crippen MR) is 144 cm³/mol. The van der Waals surface area contributed by atoms with Crippen LogP contribution in [0.5, 0.6) is 0 Å². The van der Waals surface area contributed by atoms with E-state index in [1.165, 1.54) is 48.9 Å². The van der Waals surface area contributed by atoms with E-state index < -0.39 is 0 Å². The van der Waals surface area contributed by atoms with E-state index in [9.17, 15) is 0 Å². The van der Waals surface area contributed by atoms with E-state index >= 15 is 0 Å². The highest BCUT2D eigenvalue weighted by Gasteiger charge is 2.16. The minimum Gasteiger partial charge on any atom is -0.373 e. The lowest BCUT2D eigenvalue weighted by atomic mass is 9.90. The summed E-state index contributed by atoms with van der Waals surface area (Å²) in [6.45, 7) is 6.33. The molecule has 1 N–H and O–H groups in total. The molecular formula is C29H35N5. The van der Waals surface area contributed by atoms with Gasteiger partial charge in [-0.2, -0.15) is 0 Å². The van der Waals surface area contributed by atoms with E-state index in [1.807, 2.05) is 43.5 Å². The number of hydrogen-bond acceptors (Lipinski definition) is 4. The molecule has 3 heterocycles. The molecule has 5 nitrogen and oxygen atoms in total. The highest BCUT2D eigenvalue weighted by Crippen LogP contribution is 2.25. The summed E-state index contributed by atoms with van der Waals surface area (Å²) in [6.07, 6.45) is 11.4. The van der Waals surface area contributed by atoms with Gasteiger partial charge in [-0.25, -0.2) is 9.97 Å². The first-order valence-corrected chi connectivity index (χ1v) is 12.0. The number of pyridine rings is 1. The number of aromatic nitrogens is 3. The van der Waals surface area contributed by atoms with Crippen molar-refractivity contribution in [3.05, 3.63) is 85.0 Å². The number of rotatable bonds is 5. The number of hydrogen-bond donors (Lipinski definition) is 1. The summed E-state index contributed by atoms with van der Waals surface area (Å²) in [6, 6.07) is 17.2. The third kappa shape index (κ3) is 5.91. The fourth-order valence-corrected chi connectivity index (χ4v) is 4.52. The van der Waals surface area contributed by atoms with Crippen molar-refractivity contribution >= 4 is 22.7 Å². The van der Waals surface area contributed by atoms with E-state index in [1.54, 1.807) is 0 Å². The molecule has 2 aromatic carbocycles. The van der Waals surface area contributed by atoms with Gasteiger partial charge >= 0.3 is 0 Å². The first-order valence-electron chi connectivity index (χ1n) is 12.0. The number of aryl methyl sites for hydroxylation is 1. The molecule has 5 heteroatoms. The van der Waals surface area contributed by atoms with Crippen LogP contribution in [0.2, 0.25) is 0 Å². The van der Waals surface area contributed by atoms with Crippen molar-refractivity contribution in [3.8, 4) is 11.3 Å². The average molecular weight is 454 g/mol. The van der Waals surface area contributed by atoms with Gasteiger partial charge in [-0.3, -0.25) is 0 Å². The Balaban J connectivity index is 0.000000162. The molecular weight excluding hydrogens is 418 g/mol. The van der Waals surface area contributed by atoms with E-state index in [0.29, 0.717) is 0 Å². The van der Waals surface area contributed by atoms with Crippen LogP contribution in [-0.2, 0) is 13.5 Å². The Morgan fingerprint density at radius 2 is 1.85 bits per heavy atom. The summed E-state index contributed by atoms with van der Waals surface area (Å²) in [4.78, 5) is 10.9. The summed E-state index contributed by atoms with van der Waals surface area (Å²) >= 11 is 0. The van der Waals surface area contributed by atoms with Crippen LogP contribution in [0, 0.1) is 5.92 Å². The highest BCUT2D eigenvalue weighted by atomic mass is 15.1. The van der Waals surface area contributed by atoms with Gasteiger partial charge in [0.05, 0.1) is 18.2 Å². The maximum atomic E-state index is 4.31. The standard InChI is InChI=1S/C15H21N.C14H14N4/c1-3-13-5-4-6-15(11-13)12-14-7-9-16(2)10-8-14;1-15-14-6-12-5-10(3-4-11(12)7-17-14)13-8-16-9-18(13)2/h3-6,11,14H,1,7-10,12H2,2H3;3-9H,1-2H3,(H,15,17). The van der Waals surface area contributed by atoms with E-state index in [4.69, 9.17) is 0 Å². The number of imidazole rings is 1. The van der Waals surface area contributed by atoms with Gasteiger partial charge in [0.25, 0.3) is 0 Å². The molecule has 0 spiro atoms. The fourth-order valence-electron chi connectivity index (χ4n) is 4.52. The second-order valence-corrected chi connectivity index (χ2v) is 9.17. The molecule has 34 heavy (non-hydrogen) atoms. The van der Waals surface area contributed by atoms with Crippen LogP contribution in [-0.4, -0.2) is 46.6 Å². The summed E-state index contributed by atoms with van der Waals surface area (Å²) in [5.74, 6) is 1.75. The molecule has 1 aliphatic rings. The van der Waals surface area contributed by atoms with E-state index in [0.717, 1.165) is 28.4 Å². The lowest BCUT2D eigenvalue weighted by Gasteiger charge is -2.29. The smallest absolute Gasteiger partial charge is 0.126 e. The van der Waals surface area contributed by atoms with Crippen molar-refractivity contribution in [1.29, 1.82) is 0 Å². The zero-order valence-corrected chi connectivity index (χ0v) is 20.5. The first-order chi connectivity index (χ1) is 16.6. The topological polar surface area (TPSA) is 46.0 Å². The molecule has 0 bridgehead atoms. The molecule has 0 saturated carbocycles. The van der Waals surface area contributed by atoms with E-state index in [-0.39, 0.29) is 0 Å². The Labute approximate surface area is 203 Å². The van der Waals surface area contributed by atoms with E-state index in [2.05, 4.69) is 82.3 Å². The average Bonchev–Trinajstić information content (AvgIpc) is 3.31. The van der Waals surface area contributed by atoms with Gasteiger partial charge < -0.3 is 14.8 Å². The van der Waals surface area contributed by atoms with Crippen molar-refractivity contribution in [1.82, 2.24) is 19.4 Å². The lowest BCUT2D eigenvalue weighted by molar-refractivity contribution is 0.219. The van der Waals surface area contributed by atoms with Gasteiger partial charge in [0.1, 0.15) is 5.82 Å². The molecule has 0 radical (unpaired) electrons. The number of likely N-dealkylation sites (tertiary alicyclic amines) is 1. The van der Waals surface area contributed by atoms with Gasteiger partial charge in [-0.1, -0.05) is 49.1 Å². The van der Waals surface area contributed by atoms with Gasteiger partial charge in [-0.05, 0) is 74.0 Å². The van der Waals surface area contributed by atoms with Gasteiger partial charge in [-0.15, -0.1) is 0 Å². The molecule has 5 rings (SSSR count). The molecule has 0 atom stereocenters. The quantitative estimate of drug-likeness (QED) is 0.409. The number of fused-ring (bicyclic) bond motifs is 1. The number of nitrogens with zero attached hydrogens (tertiary/aromatic N) is 4. The Morgan fingerprint density at radius 3 is 2.56 bits per heavy atom. The minimum atomic E-state index is 0.872. The summed E-state index contributed by atoms with van der Waals surface area (Å²) < 4.78 is 2.02. The largest absolute Gasteiger partial charge is 0.373 e. The van der Waals surface area contributed by atoms with Crippen LogP contribution in [0.3, 0.4) is 0 Å². The Kier molecular flexibility index (Phi) is 7.76. The normalized spacial score (nSPS) is 14.4. The van der Waals surface area contributed by atoms with Crippen molar-refractivity contribution in [2.75, 3.05) is 32.5 Å². The first kappa shape index (κ1) is 23.7. The SMILES string of the molecule is C=Cc1cccc(CC2CCN(C)CC2)c1.CNc1cc2cc(-c3cncn3C)ccc2cn1. The molecule has 176 valence electrons. The molecule has 4 aromatic rings. The van der Waals surface area contributed by atoms with Crippen LogP contribution in [0.4, 0.5) is 5.82 Å². The van der Waals surface area contributed by atoms with Crippen LogP contribution >= 0.6 is 0 Å². The minimum absolute atomic E-state index is 0.872. The number of piperidine rings is 1. The molecule has 0 unspecified atom stereocenters. The Hall–Kier alpha value is -3.44. The van der Waals surface area contributed by atoms with Crippen molar-refractivity contribution in [3.63, 3.8) is 0 Å². The second-order valence-electron chi connectivity index (χ2n) is 9.17. The van der Waals surface area contributed by atoms with Gasteiger partial charge in [0.15, 0.2) is 0 Å². The Morgan fingerprint density at radius 1 is 1.03 bits per heavy atom. The second kappa shape index (κ2) is 11.1.